The number of hydrogen-bond donors (Lipinski definition) is 0. The fourth-order valence-corrected chi connectivity index (χ4v) is 2.25. The van der Waals surface area contributed by atoms with E-state index >= 15 is 0 Å². The van der Waals surface area contributed by atoms with E-state index in [2.05, 4.69) is 23.9 Å². The number of rotatable bonds is 3. The molecule has 2 aromatic heterocycles. The van der Waals surface area contributed by atoms with E-state index in [1.807, 2.05) is 23.9 Å². The number of aryl methyl sites for hydroxylation is 1. The van der Waals surface area contributed by atoms with Crippen molar-refractivity contribution in [3.8, 4) is 5.69 Å². The molecule has 0 N–H and O–H groups in total. The van der Waals surface area contributed by atoms with E-state index in [4.69, 9.17) is 11.6 Å². The van der Waals surface area contributed by atoms with Gasteiger partial charge in [0.1, 0.15) is 0 Å². The molecule has 17 heavy (non-hydrogen) atoms. The van der Waals surface area contributed by atoms with Crippen LogP contribution < -0.4 is 0 Å². The first-order valence-electron chi connectivity index (χ1n) is 5.72. The molecule has 0 aliphatic rings. The Morgan fingerprint density at radius 2 is 2.06 bits per heavy atom. The molecule has 0 radical (unpaired) electrons. The topological polar surface area (TPSA) is 30.7 Å². The number of hydrogen-bond acceptors (Lipinski definition) is 2. The monoisotopic (exact) mass is 249 g/mol. The smallest absolute Gasteiger partial charge is 0.0835 e. The fourth-order valence-electron chi connectivity index (χ4n) is 2.10. The summed E-state index contributed by atoms with van der Waals surface area (Å²) in [6.07, 6.45) is 4.60. The number of pyridine rings is 1. The average Bonchev–Trinajstić information content (AvgIpc) is 2.64. The molecule has 0 spiro atoms. The SMILES string of the molecule is CCc1c(C)nn(-c2cncc(CCl)c2)c1C. The predicted molar refractivity (Wildman–Crippen MR) is 69.8 cm³/mol. The molecule has 0 saturated heterocycles. The lowest BCUT2D eigenvalue weighted by Gasteiger charge is -2.05. The van der Waals surface area contributed by atoms with Crippen LogP contribution in [0.4, 0.5) is 0 Å². The van der Waals surface area contributed by atoms with Crippen molar-refractivity contribution < 1.29 is 0 Å². The number of aromatic nitrogens is 3. The van der Waals surface area contributed by atoms with Crippen LogP contribution in [-0.2, 0) is 12.3 Å². The third-order valence-electron chi connectivity index (χ3n) is 2.97. The van der Waals surface area contributed by atoms with E-state index < -0.39 is 0 Å². The second-order valence-electron chi connectivity index (χ2n) is 4.10. The number of halogens is 1. The molecule has 4 heteroatoms. The Balaban J connectivity index is 2.52. The van der Waals surface area contributed by atoms with Crippen molar-refractivity contribution in [2.45, 2.75) is 33.1 Å². The van der Waals surface area contributed by atoms with E-state index in [1.165, 1.54) is 11.3 Å². The normalized spacial score (nSPS) is 10.8. The van der Waals surface area contributed by atoms with Crippen molar-refractivity contribution in [1.82, 2.24) is 14.8 Å². The molecule has 0 bridgehead atoms. The highest BCUT2D eigenvalue weighted by Gasteiger charge is 2.11. The molecule has 2 aromatic rings. The molecule has 0 fully saturated rings. The zero-order chi connectivity index (χ0) is 12.4. The zero-order valence-electron chi connectivity index (χ0n) is 10.4. The molecular formula is C13H16ClN3. The molecule has 2 heterocycles. The van der Waals surface area contributed by atoms with E-state index in [9.17, 15) is 0 Å². The van der Waals surface area contributed by atoms with Gasteiger partial charge in [-0.2, -0.15) is 5.10 Å². The Hall–Kier alpha value is -1.35. The highest BCUT2D eigenvalue weighted by molar-refractivity contribution is 6.17. The van der Waals surface area contributed by atoms with Gasteiger partial charge in [-0.15, -0.1) is 11.6 Å². The van der Waals surface area contributed by atoms with Gasteiger partial charge in [-0.1, -0.05) is 6.92 Å². The molecule has 0 atom stereocenters. The van der Waals surface area contributed by atoms with Gasteiger partial charge in [-0.25, -0.2) is 4.68 Å². The summed E-state index contributed by atoms with van der Waals surface area (Å²) in [7, 11) is 0. The Kier molecular flexibility index (Phi) is 3.48. The predicted octanol–water partition coefficient (Wildman–Crippen LogP) is 3.19. The fraction of sp³-hybridized carbons (Fsp3) is 0.385. The standard InChI is InChI=1S/C13H16ClN3/c1-4-13-9(2)16-17(10(13)3)12-5-11(6-14)7-15-8-12/h5,7-8H,4,6H2,1-3H3. The molecule has 0 aliphatic heterocycles. The molecule has 0 aliphatic carbocycles. The van der Waals surface area contributed by atoms with Crippen LogP contribution in [0.3, 0.4) is 0 Å². The number of alkyl halides is 1. The molecule has 0 amide bonds. The van der Waals surface area contributed by atoms with Gasteiger partial charge >= 0.3 is 0 Å². The summed E-state index contributed by atoms with van der Waals surface area (Å²) in [5.41, 5.74) is 5.55. The van der Waals surface area contributed by atoms with Crippen LogP contribution in [0.5, 0.6) is 0 Å². The van der Waals surface area contributed by atoms with Crippen LogP contribution in [0, 0.1) is 13.8 Å². The van der Waals surface area contributed by atoms with Gasteiger partial charge < -0.3 is 0 Å². The van der Waals surface area contributed by atoms with Gasteiger partial charge in [0.25, 0.3) is 0 Å². The van der Waals surface area contributed by atoms with Gasteiger partial charge in [-0.3, -0.25) is 4.98 Å². The Labute approximate surface area is 106 Å². The van der Waals surface area contributed by atoms with E-state index in [0.29, 0.717) is 5.88 Å². The largest absolute Gasteiger partial charge is 0.262 e. The molecule has 90 valence electrons. The molecule has 0 unspecified atom stereocenters. The summed E-state index contributed by atoms with van der Waals surface area (Å²) < 4.78 is 1.94. The minimum Gasteiger partial charge on any atom is -0.262 e. The molecule has 0 aromatic carbocycles. The van der Waals surface area contributed by atoms with Crippen molar-refractivity contribution in [2.24, 2.45) is 0 Å². The maximum atomic E-state index is 5.82. The summed E-state index contributed by atoms with van der Waals surface area (Å²) >= 11 is 5.82. The lowest BCUT2D eigenvalue weighted by molar-refractivity contribution is 0.826. The Bertz CT molecular complexity index is 531. The third-order valence-corrected chi connectivity index (χ3v) is 3.28. The maximum Gasteiger partial charge on any atom is 0.0835 e. The minimum absolute atomic E-state index is 0.473. The van der Waals surface area contributed by atoms with Gasteiger partial charge in [0.15, 0.2) is 0 Å². The first kappa shape index (κ1) is 12.1. The second kappa shape index (κ2) is 4.88. The van der Waals surface area contributed by atoms with Crippen molar-refractivity contribution in [1.29, 1.82) is 0 Å². The van der Waals surface area contributed by atoms with Crippen LogP contribution in [0.25, 0.3) is 5.69 Å². The van der Waals surface area contributed by atoms with Crippen LogP contribution >= 0.6 is 11.6 Å². The highest BCUT2D eigenvalue weighted by Crippen LogP contribution is 2.18. The zero-order valence-corrected chi connectivity index (χ0v) is 11.1. The summed E-state index contributed by atoms with van der Waals surface area (Å²) in [6, 6.07) is 2.03. The van der Waals surface area contributed by atoms with Gasteiger partial charge in [-0.05, 0) is 37.5 Å². The van der Waals surface area contributed by atoms with E-state index in [-0.39, 0.29) is 0 Å². The average molecular weight is 250 g/mol. The van der Waals surface area contributed by atoms with Gasteiger partial charge in [0, 0.05) is 17.8 Å². The summed E-state index contributed by atoms with van der Waals surface area (Å²) in [4.78, 5) is 4.19. The van der Waals surface area contributed by atoms with E-state index in [0.717, 1.165) is 23.4 Å². The van der Waals surface area contributed by atoms with Crippen LogP contribution in [-0.4, -0.2) is 14.8 Å². The summed E-state index contributed by atoms with van der Waals surface area (Å²) in [6.45, 7) is 6.28. The first-order valence-corrected chi connectivity index (χ1v) is 6.26. The highest BCUT2D eigenvalue weighted by atomic mass is 35.5. The molecule has 3 nitrogen and oxygen atoms in total. The van der Waals surface area contributed by atoms with Crippen molar-refractivity contribution in [3.63, 3.8) is 0 Å². The van der Waals surface area contributed by atoms with Crippen LogP contribution in [0.1, 0.15) is 29.4 Å². The molecule has 0 saturated carbocycles. The Morgan fingerprint density at radius 1 is 1.29 bits per heavy atom. The quantitative estimate of drug-likeness (QED) is 0.783. The molecule has 2 rings (SSSR count). The lowest BCUT2D eigenvalue weighted by atomic mass is 10.1. The van der Waals surface area contributed by atoms with Crippen molar-refractivity contribution in [3.05, 3.63) is 41.0 Å². The van der Waals surface area contributed by atoms with E-state index in [1.54, 1.807) is 6.20 Å². The van der Waals surface area contributed by atoms with Gasteiger partial charge in [0.05, 0.1) is 17.6 Å². The van der Waals surface area contributed by atoms with Crippen LogP contribution in [0.15, 0.2) is 18.5 Å². The maximum absolute atomic E-state index is 5.82. The van der Waals surface area contributed by atoms with Crippen LogP contribution in [0.2, 0.25) is 0 Å². The first-order chi connectivity index (χ1) is 8.17. The summed E-state index contributed by atoms with van der Waals surface area (Å²) in [5.74, 6) is 0.473. The lowest BCUT2D eigenvalue weighted by Crippen LogP contribution is -2.01. The number of nitrogens with zero attached hydrogens (tertiary/aromatic N) is 3. The third kappa shape index (κ3) is 2.20. The molecular weight excluding hydrogens is 234 g/mol. The van der Waals surface area contributed by atoms with Crippen molar-refractivity contribution in [2.75, 3.05) is 0 Å². The van der Waals surface area contributed by atoms with Crippen molar-refractivity contribution >= 4 is 11.6 Å². The Morgan fingerprint density at radius 3 is 2.65 bits per heavy atom. The minimum atomic E-state index is 0.473. The van der Waals surface area contributed by atoms with Gasteiger partial charge in [0.2, 0.25) is 0 Å². The second-order valence-corrected chi connectivity index (χ2v) is 4.37. The summed E-state index contributed by atoms with van der Waals surface area (Å²) in [5, 5.41) is 4.56.